The predicted octanol–water partition coefficient (Wildman–Crippen LogP) is 3.25. The Morgan fingerprint density at radius 1 is 1.33 bits per heavy atom. The van der Waals surface area contributed by atoms with E-state index in [1.165, 1.54) is 13.3 Å². The van der Waals surface area contributed by atoms with Gasteiger partial charge in [-0.2, -0.15) is 5.10 Å². The van der Waals surface area contributed by atoms with Crippen LogP contribution in [0.2, 0.25) is 0 Å². The molecular formula is C17H14IN3O3. The Balaban J connectivity index is 1.74. The van der Waals surface area contributed by atoms with Crippen LogP contribution < -0.4 is 10.2 Å². The first-order valence-electron chi connectivity index (χ1n) is 7.06. The summed E-state index contributed by atoms with van der Waals surface area (Å²) in [7, 11) is 1.49. The summed E-state index contributed by atoms with van der Waals surface area (Å²) < 4.78 is 5.63. The van der Waals surface area contributed by atoms with Gasteiger partial charge in [0.2, 0.25) is 0 Å². The van der Waals surface area contributed by atoms with E-state index < -0.39 is 0 Å². The molecular weight excluding hydrogens is 421 g/mol. The number of carbonyl (C=O) groups excluding carboxylic acids is 1. The van der Waals surface area contributed by atoms with Gasteiger partial charge in [0.1, 0.15) is 5.69 Å². The first kappa shape index (κ1) is 16.3. The highest BCUT2D eigenvalue weighted by atomic mass is 127. The third-order valence-electron chi connectivity index (χ3n) is 3.47. The lowest BCUT2D eigenvalue weighted by Crippen LogP contribution is -2.17. The number of halogens is 1. The number of nitrogens with zero attached hydrogens (tertiary/aromatic N) is 1. The van der Waals surface area contributed by atoms with Crippen LogP contribution in [0.4, 0.5) is 0 Å². The average molecular weight is 435 g/mol. The number of aromatic amines is 1. The van der Waals surface area contributed by atoms with E-state index in [0.717, 1.165) is 10.9 Å². The molecule has 0 radical (unpaired) electrons. The molecule has 0 aliphatic heterocycles. The van der Waals surface area contributed by atoms with Crippen molar-refractivity contribution in [3.63, 3.8) is 0 Å². The summed E-state index contributed by atoms with van der Waals surface area (Å²) >= 11 is 1.99. The van der Waals surface area contributed by atoms with Crippen LogP contribution in [0.3, 0.4) is 0 Å². The number of rotatable bonds is 4. The molecule has 24 heavy (non-hydrogen) atoms. The van der Waals surface area contributed by atoms with Crippen molar-refractivity contribution in [1.82, 2.24) is 10.4 Å². The number of H-pyrrole nitrogens is 1. The molecule has 122 valence electrons. The predicted molar refractivity (Wildman–Crippen MR) is 101 cm³/mol. The molecule has 6 nitrogen and oxygen atoms in total. The summed E-state index contributed by atoms with van der Waals surface area (Å²) in [4.78, 5) is 15.2. The molecule has 2 aromatic carbocycles. The Labute approximate surface area is 151 Å². The Morgan fingerprint density at radius 2 is 2.12 bits per heavy atom. The van der Waals surface area contributed by atoms with Gasteiger partial charge in [-0.1, -0.05) is 18.2 Å². The van der Waals surface area contributed by atoms with Crippen LogP contribution in [0.15, 0.2) is 47.6 Å². The largest absolute Gasteiger partial charge is 0.504 e. The van der Waals surface area contributed by atoms with Gasteiger partial charge >= 0.3 is 0 Å². The van der Waals surface area contributed by atoms with E-state index in [-0.39, 0.29) is 11.7 Å². The molecule has 0 aliphatic rings. The number of fused-ring (bicyclic) bond motifs is 1. The van der Waals surface area contributed by atoms with Crippen LogP contribution in [0.1, 0.15) is 16.1 Å². The molecule has 1 amide bonds. The number of hydrazone groups is 1. The number of hydrogen-bond acceptors (Lipinski definition) is 4. The normalized spacial score (nSPS) is 11.1. The van der Waals surface area contributed by atoms with Gasteiger partial charge in [0.15, 0.2) is 11.5 Å². The molecule has 1 heterocycles. The van der Waals surface area contributed by atoms with Crippen molar-refractivity contribution in [2.24, 2.45) is 5.10 Å². The highest BCUT2D eigenvalue weighted by molar-refractivity contribution is 14.1. The standard InChI is InChI=1S/C17H14IN3O3/c1-24-14-7-6-11(15(18)16(14)22)9-19-21-17(23)13-8-10-4-2-3-5-12(10)20-13/h2-9,20,22H,1H3,(H,21,23)/b19-9+. The van der Waals surface area contributed by atoms with Gasteiger partial charge in [-0.15, -0.1) is 0 Å². The first-order valence-corrected chi connectivity index (χ1v) is 8.14. The summed E-state index contributed by atoms with van der Waals surface area (Å²) in [5, 5.41) is 14.9. The first-order chi connectivity index (χ1) is 11.6. The maximum atomic E-state index is 12.1. The number of ether oxygens (including phenoxy) is 1. The molecule has 3 N–H and O–H groups in total. The molecule has 0 bridgehead atoms. The van der Waals surface area contributed by atoms with E-state index in [0.29, 0.717) is 20.6 Å². The minimum atomic E-state index is -0.338. The van der Waals surface area contributed by atoms with Crippen molar-refractivity contribution in [2.45, 2.75) is 0 Å². The number of nitrogens with one attached hydrogen (secondary N) is 2. The number of para-hydroxylation sites is 1. The number of carbonyl (C=O) groups is 1. The zero-order valence-electron chi connectivity index (χ0n) is 12.7. The molecule has 7 heteroatoms. The minimum Gasteiger partial charge on any atom is -0.504 e. The van der Waals surface area contributed by atoms with Crippen LogP contribution in [-0.4, -0.2) is 29.3 Å². The maximum Gasteiger partial charge on any atom is 0.287 e. The molecule has 3 aromatic rings. The van der Waals surface area contributed by atoms with Gasteiger partial charge in [0.05, 0.1) is 16.9 Å². The summed E-state index contributed by atoms with van der Waals surface area (Å²) in [6.45, 7) is 0. The number of phenolic OH excluding ortho intramolecular Hbond substituents is 1. The molecule has 0 atom stereocenters. The fourth-order valence-electron chi connectivity index (χ4n) is 2.24. The number of aromatic nitrogens is 1. The Hall–Kier alpha value is -2.55. The second-order valence-corrected chi connectivity index (χ2v) is 6.07. The number of benzene rings is 2. The van der Waals surface area contributed by atoms with Crippen LogP contribution in [0.25, 0.3) is 10.9 Å². The van der Waals surface area contributed by atoms with Gasteiger partial charge < -0.3 is 14.8 Å². The van der Waals surface area contributed by atoms with Crippen molar-refractivity contribution in [2.75, 3.05) is 7.11 Å². The van der Waals surface area contributed by atoms with Crippen molar-refractivity contribution in [3.8, 4) is 11.5 Å². The van der Waals surface area contributed by atoms with E-state index >= 15 is 0 Å². The maximum absolute atomic E-state index is 12.1. The smallest absolute Gasteiger partial charge is 0.287 e. The van der Waals surface area contributed by atoms with Gasteiger partial charge in [-0.3, -0.25) is 4.79 Å². The quantitative estimate of drug-likeness (QED) is 0.334. The molecule has 0 spiro atoms. The van der Waals surface area contributed by atoms with Crippen LogP contribution in [0.5, 0.6) is 11.5 Å². The number of methoxy groups -OCH3 is 1. The average Bonchev–Trinajstić information content (AvgIpc) is 3.03. The molecule has 0 saturated heterocycles. The summed E-state index contributed by atoms with van der Waals surface area (Å²) in [5.41, 5.74) is 4.46. The van der Waals surface area contributed by atoms with E-state index in [1.54, 1.807) is 18.2 Å². The zero-order chi connectivity index (χ0) is 17.1. The van der Waals surface area contributed by atoms with Gasteiger partial charge in [0, 0.05) is 16.5 Å². The van der Waals surface area contributed by atoms with Crippen molar-refractivity contribution in [3.05, 3.63) is 57.3 Å². The second kappa shape index (κ2) is 6.91. The summed E-state index contributed by atoms with van der Waals surface area (Å²) in [5.74, 6) is 0.0952. The monoisotopic (exact) mass is 435 g/mol. The second-order valence-electron chi connectivity index (χ2n) is 4.99. The SMILES string of the molecule is COc1ccc(/C=N/NC(=O)c2cc3ccccc3[nH]2)c(I)c1O. The van der Waals surface area contributed by atoms with Crippen LogP contribution in [0, 0.1) is 3.57 Å². The molecule has 0 unspecified atom stereocenters. The third-order valence-corrected chi connectivity index (χ3v) is 4.61. The number of amides is 1. The Morgan fingerprint density at radius 3 is 2.88 bits per heavy atom. The van der Waals surface area contributed by atoms with E-state index in [4.69, 9.17) is 4.74 Å². The Bertz CT molecular complexity index is 901. The Kier molecular flexibility index (Phi) is 4.70. The number of phenols is 1. The van der Waals surface area contributed by atoms with Crippen molar-refractivity contribution in [1.29, 1.82) is 0 Å². The lowest BCUT2D eigenvalue weighted by molar-refractivity contribution is 0.0951. The van der Waals surface area contributed by atoms with Crippen LogP contribution >= 0.6 is 22.6 Å². The van der Waals surface area contributed by atoms with Crippen molar-refractivity contribution >= 4 is 45.6 Å². The number of aromatic hydroxyl groups is 1. The molecule has 0 aliphatic carbocycles. The van der Waals surface area contributed by atoms with Gasteiger partial charge in [0.25, 0.3) is 5.91 Å². The molecule has 0 saturated carbocycles. The highest BCUT2D eigenvalue weighted by Gasteiger charge is 2.10. The molecule has 3 rings (SSSR count). The van der Waals surface area contributed by atoms with Crippen LogP contribution in [-0.2, 0) is 0 Å². The lowest BCUT2D eigenvalue weighted by Gasteiger charge is -2.06. The summed E-state index contributed by atoms with van der Waals surface area (Å²) in [6, 6.07) is 12.8. The lowest BCUT2D eigenvalue weighted by atomic mass is 10.2. The minimum absolute atomic E-state index is 0.0454. The van der Waals surface area contributed by atoms with Gasteiger partial charge in [-0.25, -0.2) is 5.43 Å². The number of hydrogen-bond donors (Lipinski definition) is 3. The highest BCUT2D eigenvalue weighted by Crippen LogP contribution is 2.32. The third kappa shape index (κ3) is 3.21. The topological polar surface area (TPSA) is 86.7 Å². The van der Waals surface area contributed by atoms with E-state index in [1.807, 2.05) is 46.9 Å². The summed E-state index contributed by atoms with van der Waals surface area (Å²) in [6.07, 6.45) is 1.47. The van der Waals surface area contributed by atoms with E-state index in [9.17, 15) is 9.90 Å². The van der Waals surface area contributed by atoms with Gasteiger partial charge in [-0.05, 0) is 46.9 Å². The molecule has 0 fully saturated rings. The fourth-order valence-corrected chi connectivity index (χ4v) is 2.83. The fraction of sp³-hybridized carbons (Fsp3) is 0.0588. The van der Waals surface area contributed by atoms with E-state index in [2.05, 4.69) is 15.5 Å². The zero-order valence-corrected chi connectivity index (χ0v) is 14.9. The molecule has 1 aromatic heterocycles. The van der Waals surface area contributed by atoms with Crippen molar-refractivity contribution < 1.29 is 14.6 Å².